The zero-order valence-electron chi connectivity index (χ0n) is 9.26. The van der Waals surface area contributed by atoms with E-state index >= 15 is 0 Å². The van der Waals surface area contributed by atoms with Gasteiger partial charge in [0.1, 0.15) is 5.82 Å². The van der Waals surface area contributed by atoms with Gasteiger partial charge < -0.3 is 10.3 Å². The number of benzene rings is 1. The fourth-order valence-corrected chi connectivity index (χ4v) is 2.27. The van der Waals surface area contributed by atoms with Crippen molar-refractivity contribution in [1.29, 1.82) is 0 Å². The van der Waals surface area contributed by atoms with E-state index in [0.717, 1.165) is 37.3 Å². The number of H-pyrrole nitrogens is 1. The van der Waals surface area contributed by atoms with Crippen LogP contribution in [0, 0.1) is 11.6 Å². The Morgan fingerprint density at radius 1 is 1.18 bits per heavy atom. The maximum absolute atomic E-state index is 13.1. The number of nitrogens with zero attached hydrogens (tertiary/aromatic N) is 1. The molecule has 1 unspecified atom stereocenters. The van der Waals surface area contributed by atoms with Crippen LogP contribution >= 0.6 is 0 Å². The molecule has 1 aromatic heterocycles. The van der Waals surface area contributed by atoms with Crippen molar-refractivity contribution in [2.24, 2.45) is 0 Å². The highest BCUT2D eigenvalue weighted by atomic mass is 19.2. The third kappa shape index (κ3) is 1.91. The van der Waals surface area contributed by atoms with Crippen LogP contribution < -0.4 is 5.32 Å². The summed E-state index contributed by atoms with van der Waals surface area (Å²) in [4.78, 5) is 7.37. The average Bonchev–Trinajstić information content (AvgIpc) is 2.74. The van der Waals surface area contributed by atoms with E-state index in [2.05, 4.69) is 15.3 Å². The minimum atomic E-state index is -0.854. The van der Waals surface area contributed by atoms with E-state index in [9.17, 15) is 8.78 Å². The number of hydrogen-bond acceptors (Lipinski definition) is 2. The first kappa shape index (κ1) is 10.7. The first-order chi connectivity index (χ1) is 8.24. The van der Waals surface area contributed by atoms with Gasteiger partial charge in [0.25, 0.3) is 0 Å². The largest absolute Gasteiger partial charge is 0.341 e. The molecule has 1 fully saturated rings. The van der Waals surface area contributed by atoms with Crippen LogP contribution in [0.5, 0.6) is 0 Å². The quantitative estimate of drug-likeness (QED) is 0.800. The van der Waals surface area contributed by atoms with Crippen LogP contribution in [-0.4, -0.2) is 16.5 Å². The molecule has 0 saturated carbocycles. The molecule has 1 aromatic carbocycles. The van der Waals surface area contributed by atoms with Crippen LogP contribution in [0.3, 0.4) is 0 Å². The lowest BCUT2D eigenvalue weighted by Crippen LogP contribution is -2.27. The summed E-state index contributed by atoms with van der Waals surface area (Å²) in [7, 11) is 0. The molecule has 2 aromatic rings. The van der Waals surface area contributed by atoms with Crippen molar-refractivity contribution in [1.82, 2.24) is 15.3 Å². The van der Waals surface area contributed by atoms with Gasteiger partial charge >= 0.3 is 0 Å². The lowest BCUT2D eigenvalue weighted by atomic mass is 10.0. The smallest absolute Gasteiger partial charge is 0.161 e. The molecule has 2 N–H and O–H groups in total. The molecule has 0 radical (unpaired) electrons. The minimum absolute atomic E-state index is 0.169. The highest BCUT2D eigenvalue weighted by molar-refractivity contribution is 5.75. The van der Waals surface area contributed by atoms with Gasteiger partial charge in [-0.1, -0.05) is 6.42 Å². The number of halogens is 2. The third-order valence-electron chi connectivity index (χ3n) is 3.18. The fraction of sp³-hybridized carbons (Fsp3) is 0.417. The lowest BCUT2D eigenvalue weighted by molar-refractivity contribution is 0.400. The van der Waals surface area contributed by atoms with Crippen LogP contribution in [0.1, 0.15) is 31.1 Å². The summed E-state index contributed by atoms with van der Waals surface area (Å²) in [5.74, 6) is -0.929. The average molecular weight is 237 g/mol. The monoisotopic (exact) mass is 237 g/mol. The summed E-state index contributed by atoms with van der Waals surface area (Å²) in [5.41, 5.74) is 1.03. The maximum Gasteiger partial charge on any atom is 0.161 e. The Kier molecular flexibility index (Phi) is 2.55. The molecule has 0 spiro atoms. The van der Waals surface area contributed by atoms with Crippen molar-refractivity contribution < 1.29 is 8.78 Å². The highest BCUT2D eigenvalue weighted by Gasteiger charge is 2.18. The normalized spacial score (nSPS) is 20.9. The molecular weight excluding hydrogens is 224 g/mol. The van der Waals surface area contributed by atoms with Crippen LogP contribution in [0.15, 0.2) is 12.1 Å². The number of piperidine rings is 1. The Bertz CT molecular complexity index is 505. The van der Waals surface area contributed by atoms with Gasteiger partial charge in [0.2, 0.25) is 0 Å². The van der Waals surface area contributed by atoms with Gasteiger partial charge in [-0.05, 0) is 19.4 Å². The number of nitrogens with one attached hydrogen (secondary N) is 2. The topological polar surface area (TPSA) is 40.7 Å². The molecule has 1 aliphatic heterocycles. The van der Waals surface area contributed by atoms with E-state index in [1.807, 2.05) is 0 Å². The van der Waals surface area contributed by atoms with Crippen LogP contribution in [0.4, 0.5) is 8.78 Å². The summed E-state index contributed by atoms with van der Waals surface area (Å²) in [6, 6.07) is 2.46. The highest BCUT2D eigenvalue weighted by Crippen LogP contribution is 2.24. The van der Waals surface area contributed by atoms with E-state index in [1.165, 1.54) is 6.42 Å². The molecule has 1 atom stereocenters. The Labute approximate surface area is 97.2 Å². The molecule has 1 aliphatic rings. The van der Waals surface area contributed by atoms with Crippen LogP contribution in [0.25, 0.3) is 11.0 Å². The van der Waals surface area contributed by atoms with Crippen molar-refractivity contribution >= 4 is 11.0 Å². The second-order valence-corrected chi connectivity index (χ2v) is 4.41. The number of fused-ring (bicyclic) bond motifs is 1. The molecule has 3 rings (SSSR count). The van der Waals surface area contributed by atoms with Gasteiger partial charge in [0.15, 0.2) is 11.6 Å². The molecule has 1 saturated heterocycles. The molecular formula is C12H13F2N3. The van der Waals surface area contributed by atoms with Gasteiger partial charge in [-0.25, -0.2) is 13.8 Å². The van der Waals surface area contributed by atoms with E-state index in [4.69, 9.17) is 0 Å². The van der Waals surface area contributed by atoms with Crippen LogP contribution in [-0.2, 0) is 0 Å². The summed E-state index contributed by atoms with van der Waals surface area (Å²) >= 11 is 0. The van der Waals surface area contributed by atoms with Gasteiger partial charge in [-0.15, -0.1) is 0 Å². The van der Waals surface area contributed by atoms with E-state index in [1.54, 1.807) is 0 Å². The first-order valence-corrected chi connectivity index (χ1v) is 5.82. The molecule has 0 amide bonds. The molecule has 2 heterocycles. The molecule has 5 heteroatoms. The number of imidazole rings is 1. The number of aromatic nitrogens is 2. The van der Waals surface area contributed by atoms with Crippen molar-refractivity contribution in [2.75, 3.05) is 6.54 Å². The summed E-state index contributed by atoms with van der Waals surface area (Å²) < 4.78 is 26.1. The number of hydrogen-bond donors (Lipinski definition) is 2. The fourth-order valence-electron chi connectivity index (χ4n) is 2.27. The minimum Gasteiger partial charge on any atom is -0.341 e. The summed E-state index contributed by atoms with van der Waals surface area (Å²) in [6.45, 7) is 0.963. The maximum atomic E-state index is 13.1. The SMILES string of the molecule is Fc1cc2nc(C3CCCCN3)[nH]c2cc1F. The lowest BCUT2D eigenvalue weighted by Gasteiger charge is -2.21. The molecule has 17 heavy (non-hydrogen) atoms. The van der Waals surface area contributed by atoms with Gasteiger partial charge in [0.05, 0.1) is 17.1 Å². The van der Waals surface area contributed by atoms with Gasteiger partial charge in [0, 0.05) is 12.1 Å². The summed E-state index contributed by atoms with van der Waals surface area (Å²) in [5, 5.41) is 3.34. The van der Waals surface area contributed by atoms with Crippen molar-refractivity contribution in [3.8, 4) is 0 Å². The van der Waals surface area contributed by atoms with Crippen molar-refractivity contribution in [3.05, 3.63) is 29.6 Å². The third-order valence-corrected chi connectivity index (χ3v) is 3.18. The predicted octanol–water partition coefficient (Wildman–Crippen LogP) is 2.66. The Hall–Kier alpha value is -1.49. The zero-order chi connectivity index (χ0) is 11.8. The predicted molar refractivity (Wildman–Crippen MR) is 60.6 cm³/mol. The second kappa shape index (κ2) is 4.07. The van der Waals surface area contributed by atoms with Crippen molar-refractivity contribution in [2.45, 2.75) is 25.3 Å². The van der Waals surface area contributed by atoms with Gasteiger partial charge in [-0.3, -0.25) is 0 Å². The van der Waals surface area contributed by atoms with E-state index in [0.29, 0.717) is 11.0 Å². The Morgan fingerprint density at radius 3 is 2.76 bits per heavy atom. The summed E-state index contributed by atoms with van der Waals surface area (Å²) in [6.07, 6.45) is 3.32. The number of rotatable bonds is 1. The van der Waals surface area contributed by atoms with E-state index < -0.39 is 11.6 Å². The molecule has 90 valence electrons. The zero-order valence-corrected chi connectivity index (χ0v) is 9.26. The Morgan fingerprint density at radius 2 is 2.00 bits per heavy atom. The first-order valence-electron chi connectivity index (χ1n) is 5.82. The molecule has 0 aliphatic carbocycles. The van der Waals surface area contributed by atoms with Gasteiger partial charge in [-0.2, -0.15) is 0 Å². The number of aromatic amines is 1. The molecule has 3 nitrogen and oxygen atoms in total. The standard InChI is InChI=1S/C12H13F2N3/c13-7-5-10-11(6-8(7)14)17-12(16-10)9-3-1-2-4-15-9/h5-6,9,15H,1-4H2,(H,16,17). The van der Waals surface area contributed by atoms with Crippen LogP contribution in [0.2, 0.25) is 0 Å². The van der Waals surface area contributed by atoms with Crippen molar-refractivity contribution in [3.63, 3.8) is 0 Å². The molecule has 0 bridgehead atoms. The Balaban J connectivity index is 2.00. The van der Waals surface area contributed by atoms with E-state index in [-0.39, 0.29) is 6.04 Å². The second-order valence-electron chi connectivity index (χ2n) is 4.41.